The van der Waals surface area contributed by atoms with Crippen LogP contribution in [0.3, 0.4) is 0 Å². The van der Waals surface area contributed by atoms with Crippen molar-refractivity contribution in [3.05, 3.63) is 24.3 Å². The fraction of sp³-hybridized carbons (Fsp3) is 0.706. The molecule has 2 saturated heterocycles. The molecule has 0 radical (unpaired) electrons. The third-order valence-electron chi connectivity index (χ3n) is 4.91. The van der Waals surface area contributed by atoms with Crippen molar-refractivity contribution in [3.63, 3.8) is 0 Å². The molecule has 1 aromatic heterocycles. The van der Waals surface area contributed by atoms with Crippen LogP contribution in [0.4, 0.5) is 0 Å². The van der Waals surface area contributed by atoms with Crippen molar-refractivity contribution in [3.8, 4) is 0 Å². The first-order valence-electron chi connectivity index (χ1n) is 8.56. The van der Waals surface area contributed by atoms with E-state index in [1.165, 1.54) is 12.8 Å². The lowest BCUT2D eigenvalue weighted by molar-refractivity contribution is -0.132. The Bertz CT molecular complexity index is 505. The fourth-order valence-electron chi connectivity index (χ4n) is 3.62. The van der Waals surface area contributed by atoms with E-state index in [-0.39, 0.29) is 18.1 Å². The van der Waals surface area contributed by atoms with Gasteiger partial charge in [-0.3, -0.25) is 14.8 Å². The van der Waals surface area contributed by atoms with Crippen LogP contribution in [0.15, 0.2) is 18.6 Å². The Labute approximate surface area is 137 Å². The second kappa shape index (κ2) is 7.84. The van der Waals surface area contributed by atoms with Crippen molar-refractivity contribution in [2.45, 2.75) is 44.2 Å². The largest absolute Gasteiger partial charge is 0.380 e. The van der Waals surface area contributed by atoms with Crippen molar-refractivity contribution in [2.75, 3.05) is 33.3 Å². The van der Waals surface area contributed by atoms with Gasteiger partial charge in [-0.2, -0.15) is 0 Å². The van der Waals surface area contributed by atoms with Crippen molar-refractivity contribution >= 4 is 5.91 Å². The molecule has 0 N–H and O–H groups in total. The first-order valence-corrected chi connectivity index (χ1v) is 8.56. The van der Waals surface area contributed by atoms with Crippen LogP contribution in [0.5, 0.6) is 0 Å². The highest BCUT2D eigenvalue weighted by atomic mass is 16.5. The minimum absolute atomic E-state index is 0.170. The van der Waals surface area contributed by atoms with Crippen molar-refractivity contribution in [2.24, 2.45) is 0 Å². The molecule has 0 unspecified atom stereocenters. The SMILES string of the molecule is CO[C@H]1C[C@@H](CN2CCCC2)N(C(=O)CCc2cnccn2)C1. The van der Waals surface area contributed by atoms with E-state index in [4.69, 9.17) is 4.74 Å². The Balaban J connectivity index is 1.56. The highest BCUT2D eigenvalue weighted by Gasteiger charge is 2.36. The van der Waals surface area contributed by atoms with Gasteiger partial charge in [0.15, 0.2) is 0 Å². The smallest absolute Gasteiger partial charge is 0.223 e. The summed E-state index contributed by atoms with van der Waals surface area (Å²) in [5, 5.41) is 0. The van der Waals surface area contributed by atoms with Crippen LogP contribution in [0, 0.1) is 0 Å². The van der Waals surface area contributed by atoms with E-state index in [1.54, 1.807) is 25.7 Å². The zero-order valence-corrected chi connectivity index (χ0v) is 13.9. The molecule has 23 heavy (non-hydrogen) atoms. The molecule has 6 nitrogen and oxygen atoms in total. The number of amides is 1. The van der Waals surface area contributed by atoms with Crippen LogP contribution in [0.25, 0.3) is 0 Å². The van der Waals surface area contributed by atoms with Gasteiger partial charge in [0, 0.05) is 51.3 Å². The summed E-state index contributed by atoms with van der Waals surface area (Å²) < 4.78 is 5.51. The van der Waals surface area contributed by atoms with E-state index in [1.807, 2.05) is 4.90 Å². The average Bonchev–Trinajstić information content (AvgIpc) is 3.23. The molecule has 126 valence electrons. The maximum Gasteiger partial charge on any atom is 0.223 e. The number of hydrogen-bond acceptors (Lipinski definition) is 5. The quantitative estimate of drug-likeness (QED) is 0.787. The summed E-state index contributed by atoms with van der Waals surface area (Å²) in [5.41, 5.74) is 0.874. The second-order valence-electron chi connectivity index (χ2n) is 6.50. The predicted molar refractivity (Wildman–Crippen MR) is 86.9 cm³/mol. The Morgan fingerprint density at radius 1 is 1.35 bits per heavy atom. The molecule has 1 amide bonds. The zero-order chi connectivity index (χ0) is 16.1. The van der Waals surface area contributed by atoms with Gasteiger partial charge in [-0.05, 0) is 38.8 Å². The molecule has 2 aliphatic heterocycles. The van der Waals surface area contributed by atoms with Gasteiger partial charge in [-0.25, -0.2) is 0 Å². The minimum atomic E-state index is 0.170. The van der Waals surface area contributed by atoms with E-state index >= 15 is 0 Å². The maximum atomic E-state index is 12.7. The monoisotopic (exact) mass is 318 g/mol. The Morgan fingerprint density at radius 3 is 2.87 bits per heavy atom. The van der Waals surface area contributed by atoms with Crippen molar-refractivity contribution < 1.29 is 9.53 Å². The number of rotatable bonds is 6. The van der Waals surface area contributed by atoms with Crippen LogP contribution in [-0.4, -0.2) is 71.1 Å². The molecule has 3 heterocycles. The number of hydrogen-bond donors (Lipinski definition) is 0. The molecule has 3 rings (SSSR count). The standard InChI is InChI=1S/C17H26N4O2/c1-23-16-10-15(12-20-8-2-3-9-20)21(13-16)17(22)5-4-14-11-18-6-7-19-14/h6-7,11,15-16H,2-5,8-10,12-13H2,1H3/t15-,16-/m0/s1. The highest BCUT2D eigenvalue weighted by molar-refractivity contribution is 5.77. The molecule has 2 aliphatic rings. The van der Waals surface area contributed by atoms with Gasteiger partial charge in [0.2, 0.25) is 5.91 Å². The van der Waals surface area contributed by atoms with Crippen molar-refractivity contribution in [1.82, 2.24) is 19.8 Å². The first-order chi connectivity index (χ1) is 11.3. The third kappa shape index (κ3) is 4.26. The van der Waals surface area contributed by atoms with Gasteiger partial charge in [0.25, 0.3) is 0 Å². The minimum Gasteiger partial charge on any atom is -0.380 e. The molecular weight excluding hydrogens is 292 g/mol. The van der Waals surface area contributed by atoms with E-state index in [0.717, 1.165) is 31.7 Å². The van der Waals surface area contributed by atoms with E-state index < -0.39 is 0 Å². The zero-order valence-electron chi connectivity index (χ0n) is 13.9. The predicted octanol–water partition coefficient (Wildman–Crippen LogP) is 1.12. The van der Waals surface area contributed by atoms with Crippen LogP contribution in [-0.2, 0) is 16.0 Å². The van der Waals surface area contributed by atoms with Gasteiger partial charge in [-0.15, -0.1) is 0 Å². The number of carbonyl (C=O) groups is 1. The molecule has 2 atom stereocenters. The van der Waals surface area contributed by atoms with Crippen LogP contribution in [0.1, 0.15) is 31.4 Å². The molecular formula is C17H26N4O2. The molecule has 0 aromatic carbocycles. The van der Waals surface area contributed by atoms with Crippen LogP contribution >= 0.6 is 0 Å². The lowest BCUT2D eigenvalue weighted by atomic mass is 10.1. The summed E-state index contributed by atoms with van der Waals surface area (Å²) in [5.74, 6) is 0.208. The number of aryl methyl sites for hydroxylation is 1. The summed E-state index contributed by atoms with van der Waals surface area (Å²) in [6, 6.07) is 0.285. The summed E-state index contributed by atoms with van der Waals surface area (Å²) in [6.45, 7) is 4.02. The Morgan fingerprint density at radius 2 is 2.17 bits per heavy atom. The lowest BCUT2D eigenvalue weighted by Gasteiger charge is -2.28. The number of aromatic nitrogens is 2. The van der Waals surface area contributed by atoms with E-state index in [0.29, 0.717) is 19.4 Å². The molecule has 1 aromatic rings. The maximum absolute atomic E-state index is 12.7. The fourth-order valence-corrected chi connectivity index (χ4v) is 3.62. The van der Waals surface area contributed by atoms with Gasteiger partial charge < -0.3 is 14.5 Å². The van der Waals surface area contributed by atoms with E-state index in [9.17, 15) is 4.79 Å². The second-order valence-corrected chi connectivity index (χ2v) is 6.50. The number of nitrogens with zero attached hydrogens (tertiary/aromatic N) is 4. The number of likely N-dealkylation sites (tertiary alicyclic amines) is 2. The van der Waals surface area contributed by atoms with Gasteiger partial charge >= 0.3 is 0 Å². The topological polar surface area (TPSA) is 58.6 Å². The molecule has 0 bridgehead atoms. The Kier molecular flexibility index (Phi) is 5.56. The Hall–Kier alpha value is -1.53. The van der Waals surface area contributed by atoms with Crippen molar-refractivity contribution in [1.29, 1.82) is 0 Å². The summed E-state index contributed by atoms with van der Waals surface area (Å²) in [7, 11) is 1.74. The third-order valence-corrected chi connectivity index (χ3v) is 4.91. The van der Waals surface area contributed by atoms with Crippen LogP contribution in [0.2, 0.25) is 0 Å². The summed E-state index contributed by atoms with van der Waals surface area (Å²) in [6.07, 6.45) is 9.88. The first kappa shape index (κ1) is 16.3. The molecule has 0 spiro atoms. The summed E-state index contributed by atoms with van der Waals surface area (Å²) >= 11 is 0. The molecule has 2 fully saturated rings. The number of methoxy groups -OCH3 is 1. The normalized spacial score (nSPS) is 25.2. The lowest BCUT2D eigenvalue weighted by Crippen LogP contribution is -2.42. The number of carbonyl (C=O) groups excluding carboxylic acids is 1. The number of ether oxygens (including phenoxy) is 1. The average molecular weight is 318 g/mol. The van der Waals surface area contributed by atoms with Gasteiger partial charge in [0.1, 0.15) is 0 Å². The van der Waals surface area contributed by atoms with Crippen LogP contribution < -0.4 is 0 Å². The molecule has 0 saturated carbocycles. The van der Waals surface area contributed by atoms with Gasteiger partial charge in [-0.1, -0.05) is 0 Å². The highest BCUT2D eigenvalue weighted by Crippen LogP contribution is 2.23. The van der Waals surface area contributed by atoms with E-state index in [2.05, 4.69) is 14.9 Å². The molecule has 6 heteroatoms. The van der Waals surface area contributed by atoms with Gasteiger partial charge in [0.05, 0.1) is 11.8 Å². The molecule has 0 aliphatic carbocycles. The summed E-state index contributed by atoms with van der Waals surface area (Å²) in [4.78, 5) is 25.5.